The summed E-state index contributed by atoms with van der Waals surface area (Å²) in [5.41, 5.74) is 5.63. The Morgan fingerprint density at radius 1 is 1.24 bits per heavy atom. The van der Waals surface area contributed by atoms with E-state index >= 15 is 0 Å². The third-order valence-corrected chi connectivity index (χ3v) is 4.07. The lowest BCUT2D eigenvalue weighted by molar-refractivity contribution is 0.0987. The Morgan fingerprint density at radius 2 is 2.00 bits per heavy atom. The van der Waals surface area contributed by atoms with E-state index in [-0.39, 0.29) is 28.8 Å². The fourth-order valence-corrected chi connectivity index (χ4v) is 2.91. The van der Waals surface area contributed by atoms with Crippen LogP contribution in [0.15, 0.2) is 22.9 Å². The molecule has 4 rings (SSSR count). The number of primary amides is 1. The van der Waals surface area contributed by atoms with E-state index in [2.05, 4.69) is 20.1 Å². The van der Waals surface area contributed by atoms with E-state index in [0.29, 0.717) is 18.8 Å². The second-order valence-electron chi connectivity index (χ2n) is 5.66. The van der Waals surface area contributed by atoms with Crippen LogP contribution < -0.4 is 10.6 Å². The predicted molar refractivity (Wildman–Crippen MR) is 81.6 cm³/mol. The van der Waals surface area contributed by atoms with Gasteiger partial charge in [-0.05, 0) is 12.8 Å². The van der Waals surface area contributed by atoms with Crippen LogP contribution in [0.1, 0.15) is 35.4 Å². The Hall–Kier alpha value is -3.17. The van der Waals surface area contributed by atoms with Crippen LogP contribution in [0, 0.1) is 11.6 Å². The molecule has 2 N–H and O–H groups in total. The van der Waals surface area contributed by atoms with Crippen molar-refractivity contribution in [3.05, 3.63) is 41.7 Å². The van der Waals surface area contributed by atoms with Crippen molar-refractivity contribution in [1.82, 2.24) is 20.1 Å². The molecule has 25 heavy (non-hydrogen) atoms. The summed E-state index contributed by atoms with van der Waals surface area (Å²) < 4.78 is 31.8. The van der Waals surface area contributed by atoms with Gasteiger partial charge >= 0.3 is 0 Å². The molecule has 1 saturated heterocycles. The highest BCUT2D eigenvalue weighted by Gasteiger charge is 2.32. The van der Waals surface area contributed by atoms with E-state index in [0.717, 1.165) is 18.6 Å². The average Bonchev–Trinajstić information content (AvgIpc) is 3.24. The summed E-state index contributed by atoms with van der Waals surface area (Å²) in [7, 11) is 0. The zero-order chi connectivity index (χ0) is 17.6. The van der Waals surface area contributed by atoms with Gasteiger partial charge in [0.15, 0.2) is 11.6 Å². The van der Waals surface area contributed by atoms with Crippen LogP contribution in [0.25, 0.3) is 11.0 Å². The summed E-state index contributed by atoms with van der Waals surface area (Å²) >= 11 is 0. The molecule has 3 heterocycles. The van der Waals surface area contributed by atoms with Crippen molar-refractivity contribution in [2.75, 3.05) is 11.4 Å². The third kappa shape index (κ3) is 2.65. The van der Waals surface area contributed by atoms with Crippen LogP contribution >= 0.6 is 0 Å². The molecule has 0 saturated carbocycles. The number of halogens is 2. The van der Waals surface area contributed by atoms with Crippen molar-refractivity contribution < 1.29 is 18.1 Å². The van der Waals surface area contributed by atoms with Crippen LogP contribution in [0.4, 0.5) is 14.6 Å². The highest BCUT2D eigenvalue weighted by atomic mass is 19.2. The van der Waals surface area contributed by atoms with Crippen molar-refractivity contribution in [2.45, 2.75) is 18.9 Å². The second kappa shape index (κ2) is 5.72. The topological polar surface area (TPSA) is 111 Å². The maximum absolute atomic E-state index is 13.4. The summed E-state index contributed by atoms with van der Waals surface area (Å²) in [5.74, 6) is -2.21. The van der Waals surface area contributed by atoms with Gasteiger partial charge in [0.05, 0.1) is 17.2 Å². The Kier molecular flexibility index (Phi) is 3.52. The van der Waals surface area contributed by atoms with E-state index < -0.39 is 17.5 Å². The minimum absolute atomic E-state index is 0.191. The van der Waals surface area contributed by atoms with Crippen LogP contribution in [-0.4, -0.2) is 32.6 Å². The van der Waals surface area contributed by atoms with Crippen LogP contribution in [-0.2, 0) is 0 Å². The number of hydrogen-bond acceptors (Lipinski definition) is 7. The molecule has 1 atom stereocenters. The van der Waals surface area contributed by atoms with E-state index in [1.165, 1.54) is 6.20 Å². The molecule has 1 fully saturated rings. The van der Waals surface area contributed by atoms with Crippen molar-refractivity contribution >= 4 is 22.8 Å². The maximum atomic E-state index is 13.4. The highest BCUT2D eigenvalue weighted by molar-refractivity contribution is 5.88. The first-order valence-electron chi connectivity index (χ1n) is 7.55. The lowest BCUT2D eigenvalue weighted by Gasteiger charge is -2.22. The molecule has 0 bridgehead atoms. The zero-order valence-corrected chi connectivity index (χ0v) is 12.8. The minimum Gasteiger partial charge on any atom is -0.363 e. The normalized spacial score (nSPS) is 17.4. The molecule has 0 unspecified atom stereocenters. The summed E-state index contributed by atoms with van der Waals surface area (Å²) in [6.45, 7) is 0.642. The number of amides is 1. The highest BCUT2D eigenvalue weighted by Crippen LogP contribution is 2.34. The number of hydrogen-bond donors (Lipinski definition) is 1. The number of fused-ring (bicyclic) bond motifs is 1. The maximum Gasteiger partial charge on any atom is 0.290 e. The van der Waals surface area contributed by atoms with Gasteiger partial charge in [-0.2, -0.15) is 4.98 Å². The van der Waals surface area contributed by atoms with Gasteiger partial charge < -0.3 is 15.2 Å². The largest absolute Gasteiger partial charge is 0.363 e. The fourth-order valence-electron chi connectivity index (χ4n) is 2.91. The van der Waals surface area contributed by atoms with Gasteiger partial charge in [0.2, 0.25) is 5.89 Å². The second-order valence-corrected chi connectivity index (χ2v) is 5.66. The lowest BCUT2D eigenvalue weighted by atomic mass is 10.2. The zero-order valence-electron chi connectivity index (χ0n) is 12.8. The standard InChI is InChI=1S/C15H12F2N6O2/c16-7-4-9-10(5-8(7)17)20-12(6-19-9)23-3-1-2-11(23)15-21-14(13(18)24)22-25-15/h4-6,11H,1-3H2,(H2,18,24)/t11-/m0/s1. The first-order valence-corrected chi connectivity index (χ1v) is 7.55. The number of anilines is 1. The smallest absolute Gasteiger partial charge is 0.290 e. The summed E-state index contributed by atoms with van der Waals surface area (Å²) in [6.07, 6.45) is 3.01. The molecule has 1 amide bonds. The van der Waals surface area contributed by atoms with E-state index in [4.69, 9.17) is 10.3 Å². The Bertz CT molecular complexity index is 976. The number of carbonyl (C=O) groups excluding carboxylic acids is 1. The number of benzene rings is 1. The van der Waals surface area contributed by atoms with Crippen molar-refractivity contribution in [3.8, 4) is 0 Å². The van der Waals surface area contributed by atoms with Crippen molar-refractivity contribution in [3.63, 3.8) is 0 Å². The number of carbonyl (C=O) groups is 1. The van der Waals surface area contributed by atoms with Gasteiger partial charge in [-0.3, -0.25) is 9.78 Å². The Balaban J connectivity index is 1.70. The predicted octanol–water partition coefficient (Wildman–Crippen LogP) is 1.73. The monoisotopic (exact) mass is 346 g/mol. The molecule has 128 valence electrons. The number of nitrogens with zero attached hydrogens (tertiary/aromatic N) is 5. The van der Waals surface area contributed by atoms with Gasteiger partial charge in [0.1, 0.15) is 11.9 Å². The van der Waals surface area contributed by atoms with Gasteiger partial charge in [0, 0.05) is 18.7 Å². The average molecular weight is 346 g/mol. The van der Waals surface area contributed by atoms with E-state index in [1.807, 2.05) is 4.90 Å². The van der Waals surface area contributed by atoms with Crippen molar-refractivity contribution in [1.29, 1.82) is 0 Å². The Morgan fingerprint density at radius 3 is 2.72 bits per heavy atom. The number of nitrogens with two attached hydrogens (primary N) is 1. The fraction of sp³-hybridized carbons (Fsp3) is 0.267. The number of aromatic nitrogens is 4. The molecule has 0 spiro atoms. The van der Waals surface area contributed by atoms with E-state index in [9.17, 15) is 13.6 Å². The SMILES string of the molecule is NC(=O)c1noc([C@@H]2CCCN2c2cnc3cc(F)c(F)cc3n2)n1. The third-order valence-electron chi connectivity index (χ3n) is 4.07. The van der Waals surface area contributed by atoms with Crippen LogP contribution in [0.3, 0.4) is 0 Å². The molecule has 2 aromatic heterocycles. The lowest BCUT2D eigenvalue weighted by Crippen LogP contribution is -2.24. The van der Waals surface area contributed by atoms with Crippen LogP contribution in [0.5, 0.6) is 0 Å². The summed E-state index contributed by atoms with van der Waals surface area (Å²) in [6, 6.07) is 1.71. The first-order chi connectivity index (χ1) is 12.0. The molecular weight excluding hydrogens is 334 g/mol. The molecule has 1 aliphatic rings. The van der Waals surface area contributed by atoms with Gasteiger partial charge in [-0.1, -0.05) is 5.16 Å². The minimum atomic E-state index is -0.986. The summed E-state index contributed by atoms with van der Waals surface area (Å²) in [4.78, 5) is 25.5. The quantitative estimate of drug-likeness (QED) is 0.769. The molecule has 3 aromatic rings. The molecule has 0 radical (unpaired) electrons. The number of rotatable bonds is 3. The molecule has 1 aliphatic heterocycles. The van der Waals surface area contributed by atoms with E-state index in [1.54, 1.807) is 0 Å². The Labute approximate surface area is 139 Å². The molecular formula is C15H12F2N6O2. The van der Waals surface area contributed by atoms with Gasteiger partial charge in [0.25, 0.3) is 11.7 Å². The van der Waals surface area contributed by atoms with Gasteiger partial charge in [-0.25, -0.2) is 13.8 Å². The molecule has 8 nitrogen and oxygen atoms in total. The molecule has 10 heteroatoms. The van der Waals surface area contributed by atoms with Gasteiger partial charge in [-0.15, -0.1) is 0 Å². The summed E-state index contributed by atoms with van der Waals surface area (Å²) in [5, 5.41) is 3.55. The van der Waals surface area contributed by atoms with Crippen LogP contribution in [0.2, 0.25) is 0 Å². The van der Waals surface area contributed by atoms with Crippen molar-refractivity contribution in [2.24, 2.45) is 5.73 Å². The molecule has 1 aromatic carbocycles. The first kappa shape index (κ1) is 15.4. The molecule has 0 aliphatic carbocycles.